The van der Waals surface area contributed by atoms with Crippen LogP contribution in [-0.4, -0.2) is 30.1 Å². The van der Waals surface area contributed by atoms with Gasteiger partial charge in [-0.3, -0.25) is 9.59 Å². The second-order valence-corrected chi connectivity index (χ2v) is 2.09. The van der Waals surface area contributed by atoms with Crippen LogP contribution in [0.1, 0.15) is 19.8 Å². The molecule has 0 spiro atoms. The number of aliphatic carboxylic acids is 1. The summed E-state index contributed by atoms with van der Waals surface area (Å²) in [5.41, 5.74) is 0. The minimum atomic E-state index is -0.908. The summed E-state index contributed by atoms with van der Waals surface area (Å²) >= 11 is 0. The maximum atomic E-state index is 10.6. The molecule has 0 unspecified atom stereocenters. The van der Waals surface area contributed by atoms with Crippen LogP contribution in [0.3, 0.4) is 0 Å². The van der Waals surface area contributed by atoms with Gasteiger partial charge >= 0.3 is 5.97 Å². The van der Waals surface area contributed by atoms with Crippen LogP contribution >= 0.6 is 0 Å². The molecule has 0 fully saturated rings. The minimum absolute atomic E-state index is 0.00427. The van der Waals surface area contributed by atoms with Crippen molar-refractivity contribution in [2.24, 2.45) is 0 Å². The van der Waals surface area contributed by atoms with Gasteiger partial charge in [0.2, 0.25) is 0 Å². The van der Waals surface area contributed by atoms with Crippen molar-refractivity contribution in [2.45, 2.75) is 19.8 Å². The van der Waals surface area contributed by atoms with Crippen molar-refractivity contribution in [3.8, 4) is 0 Å². The van der Waals surface area contributed by atoms with Crippen LogP contribution in [0, 0.1) is 0 Å². The fourth-order valence-corrected chi connectivity index (χ4v) is 0.448. The predicted molar refractivity (Wildman–Crippen MR) is 38.4 cm³/mol. The van der Waals surface area contributed by atoms with Crippen LogP contribution in [0.5, 0.6) is 0 Å². The molecular formula is C7H12O4. The molecule has 0 amide bonds. The van der Waals surface area contributed by atoms with Crippen molar-refractivity contribution in [3.63, 3.8) is 0 Å². The zero-order valence-corrected chi connectivity index (χ0v) is 6.50. The quantitative estimate of drug-likeness (QED) is 0.573. The highest BCUT2D eigenvalue weighted by Crippen LogP contribution is 1.86. The zero-order valence-electron chi connectivity index (χ0n) is 6.50. The molecule has 64 valence electrons. The van der Waals surface area contributed by atoms with Gasteiger partial charge in [-0.1, -0.05) is 6.92 Å². The molecule has 11 heavy (non-hydrogen) atoms. The molecule has 4 nitrogen and oxygen atoms in total. The molecule has 0 aliphatic carbocycles. The summed E-state index contributed by atoms with van der Waals surface area (Å²) in [5.74, 6) is -0.913. The first-order valence-electron chi connectivity index (χ1n) is 3.48. The molecule has 0 atom stereocenters. The fraction of sp³-hybridized carbons (Fsp3) is 0.714. The molecule has 0 aromatic heterocycles. The Kier molecular flexibility index (Phi) is 5.37. The smallest absolute Gasteiger partial charge is 0.305 e. The second kappa shape index (κ2) is 5.85. The van der Waals surface area contributed by atoms with Crippen molar-refractivity contribution in [1.29, 1.82) is 0 Å². The van der Waals surface area contributed by atoms with Gasteiger partial charge in [-0.2, -0.15) is 0 Å². The van der Waals surface area contributed by atoms with Gasteiger partial charge in [-0.25, -0.2) is 0 Å². The van der Waals surface area contributed by atoms with E-state index in [2.05, 4.69) is 0 Å². The summed E-state index contributed by atoms with van der Waals surface area (Å²) in [6.07, 6.45) is 0.393. The highest BCUT2D eigenvalue weighted by Gasteiger charge is 1.99. The number of Topliss-reactive ketones (excluding diaryl/α,β-unsaturated/α-hetero) is 1. The Balaban J connectivity index is 3.14. The third-order valence-electron chi connectivity index (χ3n) is 1.12. The van der Waals surface area contributed by atoms with Crippen LogP contribution in [0.25, 0.3) is 0 Å². The molecule has 0 aliphatic heterocycles. The molecule has 0 heterocycles. The Morgan fingerprint density at radius 3 is 2.55 bits per heavy atom. The van der Waals surface area contributed by atoms with Gasteiger partial charge in [0, 0.05) is 6.42 Å². The van der Waals surface area contributed by atoms with E-state index in [1.165, 1.54) is 0 Å². The molecule has 0 rings (SSSR count). The number of ketones is 1. The topological polar surface area (TPSA) is 63.6 Å². The van der Waals surface area contributed by atoms with E-state index in [-0.39, 0.29) is 25.4 Å². The lowest BCUT2D eigenvalue weighted by Gasteiger charge is -1.98. The molecule has 0 aromatic carbocycles. The van der Waals surface area contributed by atoms with Crippen LogP contribution < -0.4 is 0 Å². The molecule has 0 aromatic rings. The first-order chi connectivity index (χ1) is 5.16. The lowest BCUT2D eigenvalue weighted by Crippen LogP contribution is -2.10. The summed E-state index contributed by atoms with van der Waals surface area (Å²) in [6.45, 7) is 1.88. The van der Waals surface area contributed by atoms with Gasteiger partial charge < -0.3 is 9.84 Å². The van der Waals surface area contributed by atoms with Crippen molar-refractivity contribution < 1.29 is 19.4 Å². The molecular weight excluding hydrogens is 148 g/mol. The maximum Gasteiger partial charge on any atom is 0.305 e. The number of hydrogen-bond acceptors (Lipinski definition) is 3. The van der Waals surface area contributed by atoms with E-state index in [0.717, 1.165) is 0 Å². The minimum Gasteiger partial charge on any atom is -0.481 e. The predicted octanol–water partition coefficient (Wildman–Crippen LogP) is 0.457. The molecule has 0 saturated carbocycles. The third kappa shape index (κ3) is 6.99. The fourth-order valence-electron chi connectivity index (χ4n) is 0.448. The highest BCUT2D eigenvalue weighted by atomic mass is 16.5. The van der Waals surface area contributed by atoms with Crippen LogP contribution in [0.2, 0.25) is 0 Å². The lowest BCUT2D eigenvalue weighted by atomic mass is 10.3. The van der Waals surface area contributed by atoms with E-state index >= 15 is 0 Å². The second-order valence-electron chi connectivity index (χ2n) is 2.09. The molecule has 0 saturated heterocycles. The van der Waals surface area contributed by atoms with Crippen molar-refractivity contribution in [2.75, 3.05) is 13.2 Å². The summed E-state index contributed by atoms with van der Waals surface area (Å²) in [5, 5.41) is 8.17. The Bertz CT molecular complexity index is 141. The molecule has 0 bridgehead atoms. The number of hydrogen-bond donors (Lipinski definition) is 1. The van der Waals surface area contributed by atoms with Gasteiger partial charge in [-0.05, 0) is 0 Å². The SMILES string of the molecule is CCC(=O)COCCC(=O)O. The van der Waals surface area contributed by atoms with Crippen LogP contribution in [0.4, 0.5) is 0 Å². The molecule has 4 heteroatoms. The average molecular weight is 160 g/mol. The van der Waals surface area contributed by atoms with Crippen molar-refractivity contribution >= 4 is 11.8 Å². The third-order valence-corrected chi connectivity index (χ3v) is 1.12. The monoisotopic (exact) mass is 160 g/mol. The zero-order chi connectivity index (χ0) is 8.69. The van der Waals surface area contributed by atoms with Gasteiger partial charge in [0.25, 0.3) is 0 Å². The number of carboxylic acids is 1. The van der Waals surface area contributed by atoms with E-state index in [1.807, 2.05) is 0 Å². The van der Waals surface area contributed by atoms with Gasteiger partial charge in [-0.15, -0.1) is 0 Å². The number of ether oxygens (including phenoxy) is 1. The first kappa shape index (κ1) is 10.1. The van der Waals surface area contributed by atoms with E-state index in [4.69, 9.17) is 9.84 Å². The summed E-state index contributed by atoms with van der Waals surface area (Å²) in [6, 6.07) is 0. The average Bonchev–Trinajstić information content (AvgIpc) is 1.97. The Morgan fingerprint density at radius 2 is 2.09 bits per heavy atom. The summed E-state index contributed by atoms with van der Waals surface area (Å²) in [7, 11) is 0. The number of carbonyl (C=O) groups is 2. The van der Waals surface area contributed by atoms with Crippen molar-refractivity contribution in [3.05, 3.63) is 0 Å². The van der Waals surface area contributed by atoms with Gasteiger partial charge in [0.15, 0.2) is 5.78 Å². The standard InChI is InChI=1S/C7H12O4/c1-2-6(8)5-11-4-3-7(9)10/h2-5H2,1H3,(H,9,10). The normalized spacial score (nSPS) is 9.55. The van der Waals surface area contributed by atoms with E-state index in [9.17, 15) is 9.59 Å². The Morgan fingerprint density at radius 1 is 1.45 bits per heavy atom. The Labute approximate surface area is 65.2 Å². The number of rotatable bonds is 6. The largest absolute Gasteiger partial charge is 0.481 e. The number of carboxylic acid groups (broad SMARTS) is 1. The van der Waals surface area contributed by atoms with Crippen molar-refractivity contribution in [1.82, 2.24) is 0 Å². The van der Waals surface area contributed by atoms with Crippen LogP contribution in [0.15, 0.2) is 0 Å². The Hall–Kier alpha value is -0.900. The molecule has 1 N–H and O–H groups in total. The van der Waals surface area contributed by atoms with Gasteiger partial charge in [0.1, 0.15) is 6.61 Å². The molecule has 0 radical (unpaired) electrons. The van der Waals surface area contributed by atoms with E-state index < -0.39 is 5.97 Å². The van der Waals surface area contributed by atoms with Gasteiger partial charge in [0.05, 0.1) is 13.0 Å². The maximum absolute atomic E-state index is 10.6. The number of carbonyl (C=O) groups excluding carboxylic acids is 1. The van der Waals surface area contributed by atoms with E-state index in [1.54, 1.807) is 6.92 Å². The molecule has 0 aliphatic rings. The van der Waals surface area contributed by atoms with E-state index in [0.29, 0.717) is 6.42 Å². The first-order valence-corrected chi connectivity index (χ1v) is 3.48. The highest BCUT2D eigenvalue weighted by molar-refractivity contribution is 5.79. The summed E-state index contributed by atoms with van der Waals surface area (Å²) < 4.78 is 4.77. The van der Waals surface area contributed by atoms with Crippen LogP contribution in [-0.2, 0) is 14.3 Å². The lowest BCUT2D eigenvalue weighted by molar-refractivity contribution is -0.139. The summed E-state index contributed by atoms with van der Waals surface area (Å²) in [4.78, 5) is 20.5.